The van der Waals surface area contributed by atoms with E-state index >= 15 is 0 Å². The minimum absolute atomic E-state index is 0.382. The Bertz CT molecular complexity index is 729. The first-order valence-corrected chi connectivity index (χ1v) is 17.5. The molecule has 0 aliphatic carbocycles. The van der Waals surface area contributed by atoms with Crippen molar-refractivity contribution in [1.29, 1.82) is 0 Å². The topological polar surface area (TPSA) is 61.8 Å². The van der Waals surface area contributed by atoms with Crippen LogP contribution in [0.15, 0.2) is 30.3 Å². The van der Waals surface area contributed by atoms with E-state index in [1.165, 1.54) is 82.6 Å². The Morgan fingerprint density at radius 2 is 0.952 bits per heavy atom. The van der Waals surface area contributed by atoms with E-state index in [-0.39, 0.29) is 0 Å². The summed E-state index contributed by atoms with van der Waals surface area (Å²) in [5, 5.41) is 0. The first-order valence-electron chi connectivity index (χ1n) is 17.5. The number of ether oxygens (including phenoxy) is 3. The van der Waals surface area contributed by atoms with Crippen molar-refractivity contribution in [3.8, 4) is 0 Å². The van der Waals surface area contributed by atoms with Crippen LogP contribution in [-0.2, 0) is 30.4 Å². The highest BCUT2D eigenvalue weighted by Crippen LogP contribution is 2.29. The summed E-state index contributed by atoms with van der Waals surface area (Å²) < 4.78 is 17.1. The van der Waals surface area contributed by atoms with Crippen molar-refractivity contribution >= 4 is 11.9 Å². The molecule has 242 valence electrons. The van der Waals surface area contributed by atoms with Crippen LogP contribution >= 0.6 is 0 Å². The molecule has 0 heterocycles. The van der Waals surface area contributed by atoms with Gasteiger partial charge in [0.1, 0.15) is 0 Å². The van der Waals surface area contributed by atoms with Crippen LogP contribution in [0.2, 0.25) is 0 Å². The van der Waals surface area contributed by atoms with Gasteiger partial charge >= 0.3 is 11.9 Å². The second-order valence-electron chi connectivity index (χ2n) is 12.3. The second-order valence-corrected chi connectivity index (χ2v) is 12.3. The quantitative estimate of drug-likeness (QED) is 0.0529. The van der Waals surface area contributed by atoms with Crippen molar-refractivity contribution in [2.75, 3.05) is 19.8 Å². The maximum absolute atomic E-state index is 13.2. The van der Waals surface area contributed by atoms with E-state index in [1.807, 2.05) is 18.2 Å². The lowest BCUT2D eigenvalue weighted by Crippen LogP contribution is -2.39. The number of hydrogen-bond donors (Lipinski definition) is 0. The van der Waals surface area contributed by atoms with Crippen molar-refractivity contribution < 1.29 is 23.8 Å². The number of unbranched alkanes of at least 4 members (excludes halogenated alkanes) is 17. The van der Waals surface area contributed by atoms with E-state index in [0.29, 0.717) is 32.8 Å². The molecule has 1 rings (SSSR count). The summed E-state index contributed by atoms with van der Waals surface area (Å²) in [7, 11) is 0. The average Bonchev–Trinajstić information content (AvgIpc) is 3.00. The molecular weight excluding hydrogens is 524 g/mol. The van der Waals surface area contributed by atoms with Gasteiger partial charge in [0.05, 0.1) is 19.8 Å². The van der Waals surface area contributed by atoms with Gasteiger partial charge in [-0.05, 0) is 38.2 Å². The van der Waals surface area contributed by atoms with Crippen molar-refractivity contribution in [2.24, 2.45) is 5.41 Å². The molecule has 0 saturated heterocycles. The molecule has 0 spiro atoms. The van der Waals surface area contributed by atoms with Crippen molar-refractivity contribution in [1.82, 2.24) is 0 Å². The molecule has 0 aliphatic rings. The van der Waals surface area contributed by atoms with Crippen LogP contribution in [0.3, 0.4) is 0 Å². The van der Waals surface area contributed by atoms with Gasteiger partial charge in [-0.25, -0.2) is 0 Å². The van der Waals surface area contributed by atoms with Gasteiger partial charge in [0.25, 0.3) is 0 Å². The van der Waals surface area contributed by atoms with Gasteiger partial charge in [0, 0.05) is 6.61 Å². The lowest BCUT2D eigenvalue weighted by molar-refractivity contribution is -0.172. The second kappa shape index (κ2) is 26.7. The summed E-state index contributed by atoms with van der Waals surface area (Å²) in [4.78, 5) is 26.3. The SMILES string of the molecule is CCCCCCCCCCOC(=O)C(C)(CCCCCCOCc1ccccc1)C(=O)OCCCCCCCCCC. The smallest absolute Gasteiger partial charge is 0.323 e. The predicted molar refractivity (Wildman–Crippen MR) is 174 cm³/mol. The monoisotopic (exact) mass is 588 g/mol. The lowest BCUT2D eigenvalue weighted by atomic mass is 9.84. The molecule has 0 unspecified atom stereocenters. The maximum atomic E-state index is 13.2. The largest absolute Gasteiger partial charge is 0.465 e. The van der Waals surface area contributed by atoms with Gasteiger partial charge in [-0.2, -0.15) is 0 Å². The molecule has 5 nitrogen and oxygen atoms in total. The Balaban J connectivity index is 2.38. The van der Waals surface area contributed by atoms with Crippen LogP contribution < -0.4 is 0 Å². The van der Waals surface area contributed by atoms with Gasteiger partial charge < -0.3 is 14.2 Å². The van der Waals surface area contributed by atoms with Gasteiger partial charge in [-0.3, -0.25) is 9.59 Å². The predicted octanol–water partition coefficient (Wildman–Crippen LogP) is 10.5. The maximum Gasteiger partial charge on any atom is 0.323 e. The third-order valence-electron chi connectivity index (χ3n) is 8.19. The van der Waals surface area contributed by atoms with Gasteiger partial charge in [-0.15, -0.1) is 0 Å². The number of benzene rings is 1. The summed E-state index contributed by atoms with van der Waals surface area (Å²) in [5.41, 5.74) is -0.0475. The average molecular weight is 589 g/mol. The normalized spacial score (nSPS) is 11.5. The number of hydrogen-bond acceptors (Lipinski definition) is 5. The summed E-state index contributed by atoms with van der Waals surface area (Å²) in [6, 6.07) is 10.2. The zero-order chi connectivity index (χ0) is 30.6. The fourth-order valence-corrected chi connectivity index (χ4v) is 5.21. The molecule has 0 bridgehead atoms. The van der Waals surface area contributed by atoms with Gasteiger partial charge in [-0.1, -0.05) is 153 Å². The number of esters is 2. The minimum atomic E-state index is -1.23. The van der Waals surface area contributed by atoms with Crippen molar-refractivity contribution in [3.05, 3.63) is 35.9 Å². The molecule has 0 saturated carbocycles. The molecule has 0 amide bonds. The highest BCUT2D eigenvalue weighted by Gasteiger charge is 2.43. The van der Waals surface area contributed by atoms with Crippen LogP contribution in [0.5, 0.6) is 0 Å². The Kier molecular flexibility index (Phi) is 24.3. The van der Waals surface area contributed by atoms with Crippen LogP contribution in [0.25, 0.3) is 0 Å². The molecule has 0 atom stereocenters. The van der Waals surface area contributed by atoms with Gasteiger partial charge in [0.2, 0.25) is 0 Å². The molecule has 0 fully saturated rings. The summed E-state index contributed by atoms with van der Waals surface area (Å²) in [6.07, 6.45) is 23.2. The molecule has 5 heteroatoms. The van der Waals surface area contributed by atoms with E-state index in [9.17, 15) is 9.59 Å². The molecule has 0 radical (unpaired) electrons. The number of carbonyl (C=O) groups excluding carboxylic acids is 2. The van der Waals surface area contributed by atoms with E-state index in [0.717, 1.165) is 51.4 Å². The molecule has 0 N–H and O–H groups in total. The fourth-order valence-electron chi connectivity index (χ4n) is 5.21. The first kappa shape index (κ1) is 38.1. The minimum Gasteiger partial charge on any atom is -0.465 e. The van der Waals surface area contributed by atoms with Crippen molar-refractivity contribution in [2.45, 2.75) is 162 Å². The summed E-state index contributed by atoms with van der Waals surface area (Å²) >= 11 is 0. The Hall–Kier alpha value is -1.88. The highest BCUT2D eigenvalue weighted by molar-refractivity contribution is 5.99. The Morgan fingerprint density at radius 1 is 0.548 bits per heavy atom. The van der Waals surface area contributed by atoms with Crippen LogP contribution in [-0.4, -0.2) is 31.8 Å². The molecular formula is C37H64O5. The molecule has 0 aromatic heterocycles. The number of carbonyl (C=O) groups is 2. The van der Waals surface area contributed by atoms with Crippen LogP contribution in [0, 0.1) is 5.41 Å². The summed E-state index contributed by atoms with van der Waals surface area (Å²) in [5.74, 6) is -0.838. The number of rotatable bonds is 29. The third-order valence-corrected chi connectivity index (χ3v) is 8.19. The van der Waals surface area contributed by atoms with E-state index in [2.05, 4.69) is 26.0 Å². The molecule has 1 aromatic rings. The first-order chi connectivity index (χ1) is 20.5. The standard InChI is InChI=1S/C37H64O5/c1-4-6-8-10-12-14-17-25-31-41-35(38)37(3,36(39)42-32-26-18-15-13-11-9-7-5-2)29-23-16-19-24-30-40-33-34-27-21-20-22-28-34/h20-22,27-28H,4-19,23-26,29-33H2,1-3H3. The summed E-state index contributed by atoms with van der Waals surface area (Å²) in [6.45, 7) is 8.31. The van der Waals surface area contributed by atoms with E-state index in [4.69, 9.17) is 14.2 Å². The molecule has 1 aromatic carbocycles. The zero-order valence-electron chi connectivity index (χ0n) is 27.6. The molecule has 0 aliphatic heterocycles. The van der Waals surface area contributed by atoms with E-state index in [1.54, 1.807) is 6.92 Å². The van der Waals surface area contributed by atoms with Gasteiger partial charge in [0.15, 0.2) is 5.41 Å². The lowest BCUT2D eigenvalue weighted by Gasteiger charge is -2.25. The highest BCUT2D eigenvalue weighted by atomic mass is 16.6. The fraction of sp³-hybridized carbons (Fsp3) is 0.784. The molecule has 42 heavy (non-hydrogen) atoms. The Morgan fingerprint density at radius 3 is 1.43 bits per heavy atom. The third kappa shape index (κ3) is 19.3. The van der Waals surface area contributed by atoms with E-state index < -0.39 is 17.4 Å². The van der Waals surface area contributed by atoms with Crippen molar-refractivity contribution in [3.63, 3.8) is 0 Å². The Labute approximate surface area is 258 Å². The van der Waals surface area contributed by atoms with Crippen LogP contribution in [0.1, 0.15) is 161 Å². The van der Waals surface area contributed by atoms with Crippen LogP contribution in [0.4, 0.5) is 0 Å². The zero-order valence-corrected chi connectivity index (χ0v) is 27.6.